The van der Waals surface area contributed by atoms with Crippen LogP contribution >= 0.6 is 11.6 Å². The third-order valence-electron chi connectivity index (χ3n) is 2.15. The predicted octanol–water partition coefficient (Wildman–Crippen LogP) is 4.67. The fourth-order valence-corrected chi connectivity index (χ4v) is 1.79. The molecule has 0 amide bonds. The van der Waals surface area contributed by atoms with E-state index in [1.807, 2.05) is 0 Å². The van der Waals surface area contributed by atoms with Crippen LogP contribution in [0, 0.1) is 0 Å². The molecule has 0 atom stereocenters. The SMILES string of the molecule is C=Cc1c(C(=C)F)oc2cccc(Cl)c12. The summed E-state index contributed by atoms with van der Waals surface area (Å²) in [5.74, 6) is -0.537. The molecule has 0 bridgehead atoms. The second-order valence-corrected chi connectivity index (χ2v) is 3.47. The summed E-state index contributed by atoms with van der Waals surface area (Å²) in [5, 5.41) is 1.18. The zero-order valence-corrected chi connectivity index (χ0v) is 8.64. The smallest absolute Gasteiger partial charge is 0.170 e. The summed E-state index contributed by atoms with van der Waals surface area (Å²) < 4.78 is 18.4. The molecular weight excluding hydrogens is 215 g/mol. The van der Waals surface area contributed by atoms with Gasteiger partial charge in [0.15, 0.2) is 11.6 Å². The van der Waals surface area contributed by atoms with Crippen LogP contribution in [-0.4, -0.2) is 0 Å². The van der Waals surface area contributed by atoms with Gasteiger partial charge < -0.3 is 4.42 Å². The maximum Gasteiger partial charge on any atom is 0.170 e. The first kappa shape index (κ1) is 9.99. The Balaban J connectivity index is 2.92. The van der Waals surface area contributed by atoms with Gasteiger partial charge in [0.1, 0.15) is 5.58 Å². The molecule has 1 aromatic heterocycles. The maximum absolute atomic E-state index is 13.1. The van der Waals surface area contributed by atoms with Crippen molar-refractivity contribution >= 4 is 34.5 Å². The standard InChI is InChI=1S/C12H8ClFO/c1-3-8-11-9(13)5-4-6-10(11)15-12(8)7(2)14/h3-6H,1-2H2. The maximum atomic E-state index is 13.1. The third kappa shape index (κ3) is 1.47. The summed E-state index contributed by atoms with van der Waals surface area (Å²) in [7, 11) is 0. The Morgan fingerprint density at radius 2 is 2.20 bits per heavy atom. The number of furan rings is 1. The normalized spacial score (nSPS) is 10.5. The van der Waals surface area contributed by atoms with Crippen molar-refractivity contribution in [3.05, 3.63) is 47.7 Å². The van der Waals surface area contributed by atoms with Gasteiger partial charge in [-0.2, -0.15) is 0 Å². The van der Waals surface area contributed by atoms with Crippen LogP contribution in [0.1, 0.15) is 11.3 Å². The number of fused-ring (bicyclic) bond motifs is 1. The van der Waals surface area contributed by atoms with Gasteiger partial charge in [-0.1, -0.05) is 36.9 Å². The molecule has 0 N–H and O–H groups in total. The lowest BCUT2D eigenvalue weighted by Crippen LogP contribution is -1.76. The van der Waals surface area contributed by atoms with Gasteiger partial charge in [0.2, 0.25) is 0 Å². The lowest BCUT2D eigenvalue weighted by atomic mass is 10.1. The van der Waals surface area contributed by atoms with E-state index in [-0.39, 0.29) is 5.76 Å². The van der Waals surface area contributed by atoms with Crippen LogP contribution in [0.5, 0.6) is 0 Å². The Kier molecular flexibility index (Phi) is 2.37. The van der Waals surface area contributed by atoms with Gasteiger partial charge >= 0.3 is 0 Å². The Bertz CT molecular complexity index is 554. The van der Waals surface area contributed by atoms with Gasteiger partial charge in [-0.15, -0.1) is 0 Å². The lowest BCUT2D eigenvalue weighted by molar-refractivity contribution is 0.570. The second-order valence-electron chi connectivity index (χ2n) is 3.07. The number of rotatable bonds is 2. The molecule has 0 radical (unpaired) electrons. The quantitative estimate of drug-likeness (QED) is 0.720. The van der Waals surface area contributed by atoms with E-state index in [0.29, 0.717) is 21.6 Å². The minimum atomic E-state index is -0.628. The molecule has 3 heteroatoms. The van der Waals surface area contributed by atoms with Gasteiger partial charge in [-0.25, -0.2) is 4.39 Å². The van der Waals surface area contributed by atoms with E-state index in [4.69, 9.17) is 16.0 Å². The van der Waals surface area contributed by atoms with Crippen molar-refractivity contribution in [1.82, 2.24) is 0 Å². The molecular formula is C12H8ClFO. The van der Waals surface area contributed by atoms with Crippen LogP contribution in [0.3, 0.4) is 0 Å². The lowest BCUT2D eigenvalue weighted by Gasteiger charge is -1.93. The molecule has 0 fully saturated rings. The van der Waals surface area contributed by atoms with Crippen molar-refractivity contribution in [3.63, 3.8) is 0 Å². The Labute approximate surface area is 91.5 Å². The molecule has 0 saturated heterocycles. The fourth-order valence-electron chi connectivity index (χ4n) is 1.53. The molecule has 0 aliphatic carbocycles. The Morgan fingerprint density at radius 3 is 2.80 bits per heavy atom. The molecule has 2 rings (SSSR count). The van der Waals surface area contributed by atoms with Crippen LogP contribution in [0.4, 0.5) is 4.39 Å². The molecule has 0 saturated carbocycles. The molecule has 2 aromatic rings. The predicted molar refractivity (Wildman–Crippen MR) is 61.5 cm³/mol. The molecule has 15 heavy (non-hydrogen) atoms. The molecule has 0 aliphatic rings. The zero-order chi connectivity index (χ0) is 11.0. The van der Waals surface area contributed by atoms with Crippen LogP contribution in [-0.2, 0) is 0 Å². The largest absolute Gasteiger partial charge is 0.453 e. The summed E-state index contributed by atoms with van der Waals surface area (Å²) in [4.78, 5) is 0. The first-order valence-electron chi connectivity index (χ1n) is 4.33. The second kappa shape index (κ2) is 3.55. The number of hydrogen-bond acceptors (Lipinski definition) is 1. The van der Waals surface area contributed by atoms with Crippen molar-refractivity contribution in [3.8, 4) is 0 Å². The summed E-state index contributed by atoms with van der Waals surface area (Å²) >= 11 is 6.00. The Hall–Kier alpha value is -1.54. The molecule has 0 aliphatic heterocycles. The van der Waals surface area contributed by atoms with E-state index in [0.717, 1.165) is 0 Å². The number of benzene rings is 1. The molecule has 76 valence electrons. The monoisotopic (exact) mass is 222 g/mol. The summed E-state index contributed by atoms with van der Waals surface area (Å²) in [6.07, 6.45) is 1.51. The van der Waals surface area contributed by atoms with E-state index in [1.165, 1.54) is 6.08 Å². The Morgan fingerprint density at radius 1 is 1.47 bits per heavy atom. The average Bonchev–Trinajstić information content (AvgIpc) is 2.57. The van der Waals surface area contributed by atoms with E-state index in [1.54, 1.807) is 18.2 Å². The minimum Gasteiger partial charge on any atom is -0.453 e. The van der Waals surface area contributed by atoms with Gasteiger partial charge in [0.05, 0.1) is 5.02 Å². The van der Waals surface area contributed by atoms with Crippen molar-refractivity contribution in [2.24, 2.45) is 0 Å². The molecule has 0 spiro atoms. The van der Waals surface area contributed by atoms with E-state index < -0.39 is 5.83 Å². The van der Waals surface area contributed by atoms with Crippen LogP contribution in [0.25, 0.3) is 22.9 Å². The fraction of sp³-hybridized carbons (Fsp3) is 0. The highest BCUT2D eigenvalue weighted by Crippen LogP contribution is 2.35. The van der Waals surface area contributed by atoms with Gasteiger partial charge in [0.25, 0.3) is 0 Å². The van der Waals surface area contributed by atoms with Crippen molar-refractivity contribution in [2.75, 3.05) is 0 Å². The average molecular weight is 223 g/mol. The van der Waals surface area contributed by atoms with Crippen molar-refractivity contribution in [2.45, 2.75) is 0 Å². The van der Waals surface area contributed by atoms with Gasteiger partial charge in [0, 0.05) is 10.9 Å². The highest BCUT2D eigenvalue weighted by atomic mass is 35.5. The minimum absolute atomic E-state index is 0.0908. The number of hydrogen-bond donors (Lipinski definition) is 0. The van der Waals surface area contributed by atoms with Gasteiger partial charge in [-0.3, -0.25) is 0 Å². The topological polar surface area (TPSA) is 13.1 Å². The van der Waals surface area contributed by atoms with E-state index in [2.05, 4.69) is 13.2 Å². The first-order chi connectivity index (χ1) is 7.15. The molecule has 1 aromatic carbocycles. The highest BCUT2D eigenvalue weighted by Gasteiger charge is 2.16. The third-order valence-corrected chi connectivity index (χ3v) is 2.47. The molecule has 1 heterocycles. The molecule has 0 unspecified atom stereocenters. The number of halogens is 2. The van der Waals surface area contributed by atoms with Gasteiger partial charge in [-0.05, 0) is 12.1 Å². The summed E-state index contributed by atoms with van der Waals surface area (Å²) in [6, 6.07) is 5.18. The molecule has 1 nitrogen and oxygen atoms in total. The van der Waals surface area contributed by atoms with Crippen LogP contribution in [0.15, 0.2) is 35.8 Å². The zero-order valence-electron chi connectivity index (χ0n) is 7.89. The summed E-state index contributed by atoms with van der Waals surface area (Å²) in [6.45, 7) is 6.82. The van der Waals surface area contributed by atoms with Crippen molar-refractivity contribution < 1.29 is 8.81 Å². The highest BCUT2D eigenvalue weighted by molar-refractivity contribution is 6.36. The van der Waals surface area contributed by atoms with Crippen LogP contribution < -0.4 is 0 Å². The first-order valence-corrected chi connectivity index (χ1v) is 4.71. The summed E-state index contributed by atoms with van der Waals surface area (Å²) in [5.41, 5.74) is 1.08. The van der Waals surface area contributed by atoms with E-state index in [9.17, 15) is 4.39 Å². The van der Waals surface area contributed by atoms with Crippen LogP contribution in [0.2, 0.25) is 5.02 Å². The van der Waals surface area contributed by atoms with E-state index >= 15 is 0 Å². The van der Waals surface area contributed by atoms with Crippen molar-refractivity contribution in [1.29, 1.82) is 0 Å².